The molecule has 5 nitrogen and oxygen atoms in total. The minimum Gasteiger partial charge on any atom is -0.473 e. The number of hydrogen-bond acceptors (Lipinski definition) is 5. The van der Waals surface area contributed by atoms with E-state index in [4.69, 9.17) is 20.2 Å². The van der Waals surface area contributed by atoms with Crippen LogP contribution >= 0.6 is 0 Å². The summed E-state index contributed by atoms with van der Waals surface area (Å²) < 4.78 is 11.1. The first-order valence-electron chi connectivity index (χ1n) is 9.18. The van der Waals surface area contributed by atoms with E-state index in [1.54, 1.807) is 0 Å². The quantitative estimate of drug-likeness (QED) is 0.710. The number of methoxy groups -OCH3 is 1. The maximum atomic E-state index is 12.4. The number of benzene rings is 2. The number of carbonyl (C=O) groups is 1. The van der Waals surface area contributed by atoms with Gasteiger partial charge in [-0.1, -0.05) is 36.4 Å². The van der Waals surface area contributed by atoms with E-state index in [1.807, 2.05) is 48.5 Å². The lowest BCUT2D eigenvalue weighted by Crippen LogP contribution is -2.20. The third kappa shape index (κ3) is 3.21. The SMILES string of the molecule is COC(=O)C(Oc1cccc2nc3c(c(N)c12)CCCC3)c1ccccc1. The highest BCUT2D eigenvalue weighted by Crippen LogP contribution is 2.38. The van der Waals surface area contributed by atoms with Crippen molar-refractivity contribution in [3.05, 3.63) is 65.4 Å². The lowest BCUT2D eigenvalue weighted by molar-refractivity contribution is -0.149. The van der Waals surface area contributed by atoms with Crippen molar-refractivity contribution in [1.82, 2.24) is 4.98 Å². The molecule has 0 spiro atoms. The Hall–Kier alpha value is -3.08. The number of aromatic nitrogens is 1. The zero-order valence-electron chi connectivity index (χ0n) is 15.3. The van der Waals surface area contributed by atoms with Gasteiger partial charge in [0.15, 0.2) is 0 Å². The van der Waals surface area contributed by atoms with Crippen LogP contribution < -0.4 is 10.5 Å². The van der Waals surface area contributed by atoms with E-state index in [1.165, 1.54) is 7.11 Å². The molecule has 2 aromatic carbocycles. The minimum atomic E-state index is -0.864. The lowest BCUT2D eigenvalue weighted by atomic mass is 9.93. The van der Waals surface area contributed by atoms with Gasteiger partial charge in [-0.25, -0.2) is 4.79 Å². The first kappa shape index (κ1) is 17.3. The number of fused-ring (bicyclic) bond motifs is 2. The first-order valence-corrected chi connectivity index (χ1v) is 9.18. The normalized spacial score (nSPS) is 14.4. The molecule has 0 amide bonds. The number of anilines is 1. The Morgan fingerprint density at radius 2 is 1.85 bits per heavy atom. The van der Waals surface area contributed by atoms with Gasteiger partial charge in [-0.15, -0.1) is 0 Å². The van der Waals surface area contributed by atoms with Crippen LogP contribution in [0.25, 0.3) is 10.9 Å². The van der Waals surface area contributed by atoms with E-state index < -0.39 is 12.1 Å². The second kappa shape index (κ2) is 7.27. The molecule has 0 aliphatic heterocycles. The van der Waals surface area contributed by atoms with Gasteiger partial charge in [-0.3, -0.25) is 4.98 Å². The third-order valence-corrected chi connectivity index (χ3v) is 5.06. The number of rotatable bonds is 4. The molecule has 27 heavy (non-hydrogen) atoms. The summed E-state index contributed by atoms with van der Waals surface area (Å²) in [5, 5.41) is 0.767. The third-order valence-electron chi connectivity index (χ3n) is 5.06. The van der Waals surface area contributed by atoms with Gasteiger partial charge in [0.05, 0.1) is 18.0 Å². The maximum absolute atomic E-state index is 12.4. The van der Waals surface area contributed by atoms with E-state index in [-0.39, 0.29) is 0 Å². The second-order valence-electron chi connectivity index (χ2n) is 6.74. The smallest absolute Gasteiger partial charge is 0.351 e. The molecule has 3 aromatic rings. The Balaban J connectivity index is 1.82. The number of nitrogens with zero attached hydrogens (tertiary/aromatic N) is 1. The van der Waals surface area contributed by atoms with Crippen LogP contribution in [0.5, 0.6) is 5.75 Å². The van der Waals surface area contributed by atoms with Crippen LogP contribution in [0.3, 0.4) is 0 Å². The number of nitrogens with two attached hydrogens (primary N) is 1. The summed E-state index contributed by atoms with van der Waals surface area (Å²) in [4.78, 5) is 17.2. The highest BCUT2D eigenvalue weighted by Gasteiger charge is 2.26. The molecule has 0 radical (unpaired) electrons. The van der Waals surface area contributed by atoms with Crippen LogP contribution in [0.2, 0.25) is 0 Å². The molecule has 1 aliphatic rings. The van der Waals surface area contributed by atoms with Gasteiger partial charge in [0, 0.05) is 16.9 Å². The average Bonchev–Trinajstić information content (AvgIpc) is 2.72. The molecular formula is C22H22N2O3. The van der Waals surface area contributed by atoms with Gasteiger partial charge < -0.3 is 15.2 Å². The van der Waals surface area contributed by atoms with Gasteiger partial charge in [0.2, 0.25) is 6.10 Å². The molecule has 1 unspecified atom stereocenters. The van der Waals surface area contributed by atoms with Crippen molar-refractivity contribution in [3.8, 4) is 5.75 Å². The zero-order valence-corrected chi connectivity index (χ0v) is 15.3. The van der Waals surface area contributed by atoms with Crippen LogP contribution in [0.1, 0.15) is 35.8 Å². The molecule has 1 atom stereocenters. The predicted octanol–water partition coefficient (Wildman–Crippen LogP) is 3.99. The molecule has 138 valence electrons. The summed E-state index contributed by atoms with van der Waals surface area (Å²) in [7, 11) is 1.36. The molecule has 0 saturated heterocycles. The van der Waals surface area contributed by atoms with Gasteiger partial charge in [0.25, 0.3) is 0 Å². The minimum absolute atomic E-state index is 0.456. The van der Waals surface area contributed by atoms with Crippen molar-refractivity contribution < 1.29 is 14.3 Å². The monoisotopic (exact) mass is 362 g/mol. The summed E-state index contributed by atoms with van der Waals surface area (Å²) in [6.07, 6.45) is 3.27. The van der Waals surface area contributed by atoms with E-state index >= 15 is 0 Å². The number of ether oxygens (including phenoxy) is 2. The number of hydrogen-bond donors (Lipinski definition) is 1. The van der Waals surface area contributed by atoms with Gasteiger partial charge in [0.1, 0.15) is 5.75 Å². The number of aryl methyl sites for hydroxylation is 1. The van der Waals surface area contributed by atoms with E-state index in [9.17, 15) is 4.79 Å². The number of carbonyl (C=O) groups excluding carboxylic acids is 1. The summed E-state index contributed by atoms with van der Waals surface area (Å²) in [5.74, 6) is 0.0906. The first-order chi connectivity index (χ1) is 13.2. The Morgan fingerprint density at radius 3 is 2.63 bits per heavy atom. The number of nitrogen functional groups attached to an aromatic ring is 1. The van der Waals surface area contributed by atoms with Crippen molar-refractivity contribution in [2.45, 2.75) is 31.8 Å². The van der Waals surface area contributed by atoms with E-state index in [0.717, 1.165) is 53.4 Å². The van der Waals surface area contributed by atoms with Gasteiger partial charge in [-0.2, -0.15) is 0 Å². The maximum Gasteiger partial charge on any atom is 0.351 e. The Labute approximate surface area is 158 Å². The molecule has 0 bridgehead atoms. The summed E-state index contributed by atoms with van der Waals surface area (Å²) >= 11 is 0. The standard InChI is InChI=1S/C22H22N2O3/c1-26-22(25)21(14-8-3-2-4-9-14)27-18-13-7-12-17-19(18)20(23)15-10-5-6-11-16(15)24-17/h2-4,7-9,12-13,21H,5-6,10-11H2,1H3,(H2,23,24). The molecule has 1 aliphatic carbocycles. The van der Waals surface area contributed by atoms with Crippen LogP contribution in [0, 0.1) is 0 Å². The van der Waals surface area contributed by atoms with E-state index in [2.05, 4.69) is 0 Å². The Kier molecular flexibility index (Phi) is 4.67. The van der Waals surface area contributed by atoms with Crippen molar-refractivity contribution in [2.24, 2.45) is 0 Å². The van der Waals surface area contributed by atoms with E-state index in [0.29, 0.717) is 11.4 Å². The molecular weight excluding hydrogens is 340 g/mol. The Bertz CT molecular complexity index is 986. The van der Waals surface area contributed by atoms with Crippen LogP contribution in [-0.4, -0.2) is 18.1 Å². The molecule has 2 N–H and O–H groups in total. The van der Waals surface area contributed by atoms with Crippen molar-refractivity contribution in [3.63, 3.8) is 0 Å². The molecule has 0 fully saturated rings. The highest BCUT2D eigenvalue weighted by molar-refractivity contribution is 5.97. The molecule has 0 saturated carbocycles. The zero-order chi connectivity index (χ0) is 18.8. The number of pyridine rings is 1. The van der Waals surface area contributed by atoms with Crippen molar-refractivity contribution >= 4 is 22.6 Å². The van der Waals surface area contributed by atoms with Crippen LogP contribution in [0.15, 0.2) is 48.5 Å². The van der Waals surface area contributed by atoms with Crippen LogP contribution in [-0.2, 0) is 22.4 Å². The van der Waals surface area contributed by atoms with Crippen molar-refractivity contribution in [1.29, 1.82) is 0 Å². The predicted molar refractivity (Wildman–Crippen MR) is 105 cm³/mol. The second-order valence-corrected chi connectivity index (χ2v) is 6.74. The summed E-state index contributed by atoms with van der Waals surface area (Å²) in [6, 6.07) is 14.9. The van der Waals surface area contributed by atoms with Gasteiger partial charge >= 0.3 is 5.97 Å². The van der Waals surface area contributed by atoms with Crippen molar-refractivity contribution in [2.75, 3.05) is 12.8 Å². The Morgan fingerprint density at radius 1 is 1.07 bits per heavy atom. The summed E-state index contributed by atoms with van der Waals surface area (Å²) in [5.41, 5.74) is 10.9. The highest BCUT2D eigenvalue weighted by atomic mass is 16.6. The lowest BCUT2D eigenvalue weighted by Gasteiger charge is -2.22. The number of esters is 1. The fourth-order valence-corrected chi connectivity index (χ4v) is 3.69. The molecule has 1 aromatic heterocycles. The fraction of sp³-hybridized carbons (Fsp3) is 0.273. The molecule has 4 rings (SSSR count). The van der Waals surface area contributed by atoms with Crippen LogP contribution in [0.4, 0.5) is 5.69 Å². The topological polar surface area (TPSA) is 74.4 Å². The molecule has 1 heterocycles. The largest absolute Gasteiger partial charge is 0.473 e. The fourth-order valence-electron chi connectivity index (χ4n) is 3.69. The summed E-state index contributed by atoms with van der Waals surface area (Å²) in [6.45, 7) is 0. The average molecular weight is 362 g/mol. The molecule has 5 heteroatoms. The van der Waals surface area contributed by atoms with Gasteiger partial charge in [-0.05, 0) is 43.4 Å².